The summed E-state index contributed by atoms with van der Waals surface area (Å²) in [6.07, 6.45) is 6.87. The Morgan fingerprint density at radius 2 is 2.05 bits per heavy atom. The second-order valence-corrected chi connectivity index (χ2v) is 4.78. The molecular formula is C15H14N4O. The van der Waals surface area contributed by atoms with Gasteiger partial charge in [0.1, 0.15) is 5.82 Å². The van der Waals surface area contributed by atoms with Crippen LogP contribution >= 0.6 is 0 Å². The molecule has 20 heavy (non-hydrogen) atoms. The Morgan fingerprint density at radius 1 is 1.20 bits per heavy atom. The molecule has 2 aromatic heterocycles. The minimum Gasteiger partial charge on any atom is -0.383 e. The van der Waals surface area contributed by atoms with Crippen molar-refractivity contribution in [2.24, 2.45) is 0 Å². The van der Waals surface area contributed by atoms with Crippen LogP contribution in [0.5, 0.6) is 0 Å². The van der Waals surface area contributed by atoms with Gasteiger partial charge in [-0.05, 0) is 18.2 Å². The lowest BCUT2D eigenvalue weighted by molar-refractivity contribution is 0.105. The normalized spacial score (nSPS) is 15.1. The van der Waals surface area contributed by atoms with Gasteiger partial charge in [-0.2, -0.15) is 0 Å². The average Bonchev–Trinajstić information content (AvgIpc) is 2.55. The molecule has 0 saturated carbocycles. The lowest BCUT2D eigenvalue weighted by Crippen LogP contribution is -2.08. The molecular weight excluding hydrogens is 252 g/mol. The first-order valence-corrected chi connectivity index (χ1v) is 6.26. The van der Waals surface area contributed by atoms with Gasteiger partial charge in [-0.1, -0.05) is 0 Å². The molecule has 0 aliphatic carbocycles. The molecule has 0 bridgehead atoms. The maximum atomic E-state index is 12.7. The first kappa shape index (κ1) is 12.3. The standard InChI is InChI=1S/C15H14N4O/c1-19(2)9-12-10-5-7-16-8-13(10)18-15-11(14(12)20)4-3-6-17-15/h3-9H,1-2H3,(H,17,18). The molecule has 1 aliphatic rings. The first-order chi connectivity index (χ1) is 9.66. The molecule has 0 unspecified atom stereocenters. The molecule has 1 aliphatic heterocycles. The van der Waals surface area contributed by atoms with Crippen LogP contribution in [0.3, 0.4) is 0 Å². The lowest BCUT2D eigenvalue weighted by atomic mass is 9.99. The second-order valence-electron chi connectivity index (χ2n) is 4.78. The predicted octanol–water partition coefficient (Wildman–Crippen LogP) is 2.32. The molecule has 3 rings (SSSR count). The highest BCUT2D eigenvalue weighted by Crippen LogP contribution is 2.34. The summed E-state index contributed by atoms with van der Waals surface area (Å²) in [5.74, 6) is 0.521. The molecule has 0 fully saturated rings. The Balaban J connectivity index is 2.27. The van der Waals surface area contributed by atoms with E-state index in [4.69, 9.17) is 0 Å². The molecule has 0 radical (unpaired) electrons. The summed E-state index contributed by atoms with van der Waals surface area (Å²) in [6, 6.07) is 5.38. The van der Waals surface area contributed by atoms with Crippen LogP contribution in [0.1, 0.15) is 15.9 Å². The van der Waals surface area contributed by atoms with Crippen molar-refractivity contribution >= 4 is 22.9 Å². The number of hydrogen-bond acceptors (Lipinski definition) is 5. The van der Waals surface area contributed by atoms with Gasteiger partial charge in [-0.25, -0.2) is 4.98 Å². The van der Waals surface area contributed by atoms with Gasteiger partial charge in [0.15, 0.2) is 5.78 Å². The Labute approximate surface area is 117 Å². The van der Waals surface area contributed by atoms with Crippen LogP contribution in [0.4, 0.5) is 11.5 Å². The molecule has 0 atom stereocenters. The van der Waals surface area contributed by atoms with Crippen molar-refractivity contribution in [3.8, 4) is 0 Å². The molecule has 0 saturated heterocycles. The number of anilines is 2. The van der Waals surface area contributed by atoms with E-state index in [1.165, 1.54) is 0 Å². The molecule has 2 aromatic rings. The van der Waals surface area contributed by atoms with E-state index in [1.54, 1.807) is 30.7 Å². The van der Waals surface area contributed by atoms with Gasteiger partial charge < -0.3 is 10.2 Å². The zero-order valence-electron chi connectivity index (χ0n) is 11.3. The molecule has 100 valence electrons. The van der Waals surface area contributed by atoms with E-state index < -0.39 is 0 Å². The number of rotatable bonds is 1. The predicted molar refractivity (Wildman–Crippen MR) is 77.8 cm³/mol. The maximum Gasteiger partial charge on any atom is 0.198 e. The average molecular weight is 266 g/mol. The summed E-state index contributed by atoms with van der Waals surface area (Å²) < 4.78 is 0. The number of hydrogen-bond donors (Lipinski definition) is 1. The van der Waals surface area contributed by atoms with Crippen LogP contribution in [-0.4, -0.2) is 34.7 Å². The van der Waals surface area contributed by atoms with Crippen LogP contribution < -0.4 is 5.32 Å². The van der Waals surface area contributed by atoms with Gasteiger partial charge in [0.05, 0.1) is 17.4 Å². The Bertz CT molecular complexity index is 707. The molecule has 0 aromatic carbocycles. The van der Waals surface area contributed by atoms with Crippen molar-refractivity contribution in [3.05, 3.63) is 54.1 Å². The van der Waals surface area contributed by atoms with E-state index in [-0.39, 0.29) is 5.78 Å². The van der Waals surface area contributed by atoms with Crippen molar-refractivity contribution in [3.63, 3.8) is 0 Å². The van der Waals surface area contributed by atoms with Crippen molar-refractivity contribution in [1.29, 1.82) is 0 Å². The second kappa shape index (κ2) is 4.77. The number of Topliss-reactive ketones (excluding diaryl/α,β-unsaturated/α-hetero) is 1. The third-order valence-corrected chi connectivity index (χ3v) is 3.05. The zero-order chi connectivity index (χ0) is 14.1. The van der Waals surface area contributed by atoms with Crippen LogP contribution in [0.2, 0.25) is 0 Å². The zero-order valence-corrected chi connectivity index (χ0v) is 11.3. The van der Waals surface area contributed by atoms with Gasteiger partial charge >= 0.3 is 0 Å². The number of nitrogens with zero attached hydrogens (tertiary/aromatic N) is 3. The molecule has 1 N–H and O–H groups in total. The van der Waals surface area contributed by atoms with E-state index in [9.17, 15) is 4.79 Å². The number of carbonyl (C=O) groups is 1. The van der Waals surface area contributed by atoms with Crippen LogP contribution in [0.25, 0.3) is 5.57 Å². The van der Waals surface area contributed by atoms with Crippen LogP contribution in [0, 0.1) is 0 Å². The van der Waals surface area contributed by atoms with E-state index in [0.29, 0.717) is 17.0 Å². The Kier molecular flexibility index (Phi) is 2.95. The first-order valence-electron chi connectivity index (χ1n) is 6.26. The van der Waals surface area contributed by atoms with Gasteiger partial charge in [-0.3, -0.25) is 9.78 Å². The summed E-state index contributed by atoms with van der Waals surface area (Å²) in [7, 11) is 3.78. The van der Waals surface area contributed by atoms with E-state index in [0.717, 1.165) is 11.3 Å². The number of pyridine rings is 2. The summed E-state index contributed by atoms with van der Waals surface area (Å²) in [4.78, 5) is 22.9. The van der Waals surface area contributed by atoms with E-state index in [1.807, 2.05) is 31.3 Å². The smallest absolute Gasteiger partial charge is 0.198 e. The highest BCUT2D eigenvalue weighted by molar-refractivity contribution is 6.32. The monoisotopic (exact) mass is 266 g/mol. The fourth-order valence-electron chi connectivity index (χ4n) is 2.20. The topological polar surface area (TPSA) is 58.1 Å². The van der Waals surface area contributed by atoms with Crippen molar-refractivity contribution in [2.75, 3.05) is 19.4 Å². The number of allylic oxidation sites excluding steroid dienone is 1. The number of fused-ring (bicyclic) bond motifs is 2. The van der Waals surface area contributed by atoms with Crippen molar-refractivity contribution in [1.82, 2.24) is 14.9 Å². The molecule has 0 spiro atoms. The third-order valence-electron chi connectivity index (χ3n) is 3.05. The van der Waals surface area contributed by atoms with Gasteiger partial charge in [-0.15, -0.1) is 0 Å². The molecule has 5 nitrogen and oxygen atoms in total. The van der Waals surface area contributed by atoms with Gasteiger partial charge in [0, 0.05) is 43.8 Å². The van der Waals surface area contributed by atoms with Crippen LogP contribution in [-0.2, 0) is 0 Å². The van der Waals surface area contributed by atoms with Gasteiger partial charge in [0.25, 0.3) is 0 Å². The summed E-state index contributed by atoms with van der Waals surface area (Å²) in [6.45, 7) is 0. The number of nitrogens with one attached hydrogen (secondary N) is 1. The quantitative estimate of drug-likeness (QED) is 0.803. The van der Waals surface area contributed by atoms with Crippen molar-refractivity contribution < 1.29 is 4.79 Å². The van der Waals surface area contributed by atoms with Crippen molar-refractivity contribution in [2.45, 2.75) is 0 Å². The summed E-state index contributed by atoms with van der Waals surface area (Å²) in [5, 5.41) is 3.18. The largest absolute Gasteiger partial charge is 0.383 e. The maximum absolute atomic E-state index is 12.7. The summed E-state index contributed by atoms with van der Waals surface area (Å²) in [5.41, 5.74) is 2.81. The molecule has 0 amide bonds. The third kappa shape index (κ3) is 2.03. The van der Waals surface area contributed by atoms with E-state index >= 15 is 0 Å². The SMILES string of the molecule is CN(C)C=C1C(=O)c2cccnc2Nc2cnccc21. The minimum absolute atomic E-state index is 0.0424. The highest BCUT2D eigenvalue weighted by atomic mass is 16.1. The number of ketones is 1. The number of carbonyl (C=O) groups excluding carboxylic acids is 1. The van der Waals surface area contributed by atoms with Gasteiger partial charge in [0.2, 0.25) is 0 Å². The molecule has 5 heteroatoms. The van der Waals surface area contributed by atoms with E-state index in [2.05, 4.69) is 15.3 Å². The Morgan fingerprint density at radius 3 is 2.85 bits per heavy atom. The molecule has 3 heterocycles. The fraction of sp³-hybridized carbons (Fsp3) is 0.133. The van der Waals surface area contributed by atoms with Crippen LogP contribution in [0.15, 0.2) is 43.0 Å². The minimum atomic E-state index is -0.0424. The Hall–Kier alpha value is -2.69. The number of aromatic nitrogens is 2. The summed E-state index contributed by atoms with van der Waals surface area (Å²) >= 11 is 0. The lowest BCUT2D eigenvalue weighted by Gasteiger charge is -2.11. The fourth-order valence-corrected chi connectivity index (χ4v) is 2.20. The highest BCUT2D eigenvalue weighted by Gasteiger charge is 2.25.